The van der Waals surface area contributed by atoms with E-state index in [0.29, 0.717) is 29.7 Å². The van der Waals surface area contributed by atoms with Gasteiger partial charge in [0.15, 0.2) is 0 Å². The first kappa shape index (κ1) is 16.1. The lowest BCUT2D eigenvalue weighted by atomic mass is 9.82. The molecule has 0 unspecified atom stereocenters. The molecule has 0 aliphatic rings. The van der Waals surface area contributed by atoms with Crippen LogP contribution in [0.25, 0.3) is 11.0 Å². The Labute approximate surface area is 129 Å². The average molecular weight is 303 g/mol. The van der Waals surface area contributed by atoms with Crippen LogP contribution >= 0.6 is 0 Å². The lowest BCUT2D eigenvalue weighted by Crippen LogP contribution is -2.42. The van der Waals surface area contributed by atoms with E-state index in [-0.39, 0.29) is 12.5 Å². The Morgan fingerprint density at radius 2 is 1.86 bits per heavy atom. The molecule has 0 atom stereocenters. The van der Waals surface area contributed by atoms with E-state index in [4.69, 9.17) is 4.42 Å². The average Bonchev–Trinajstić information content (AvgIpc) is 2.84. The van der Waals surface area contributed by atoms with Crippen molar-refractivity contribution in [3.8, 4) is 0 Å². The molecule has 1 heterocycles. The highest BCUT2D eigenvalue weighted by molar-refractivity contribution is 6.07. The molecule has 0 spiro atoms. The summed E-state index contributed by atoms with van der Waals surface area (Å²) in [6.45, 7) is 5.48. The number of rotatable bonds is 6. The summed E-state index contributed by atoms with van der Waals surface area (Å²) in [4.78, 5) is 24.0. The number of carboxylic acids is 1. The van der Waals surface area contributed by atoms with Gasteiger partial charge >= 0.3 is 5.97 Å². The van der Waals surface area contributed by atoms with Gasteiger partial charge in [-0.15, -0.1) is 0 Å². The summed E-state index contributed by atoms with van der Waals surface area (Å²) in [5, 5.41) is 12.9. The number of para-hydroxylation sites is 1. The number of nitrogens with one attached hydrogen (secondary N) is 1. The number of hydrogen-bond acceptors (Lipinski definition) is 3. The number of carboxylic acid groups (broad SMARTS) is 1. The SMILES string of the molecule is CCC(CC)(CNC(=O)c1c(C)oc2ccccc12)C(=O)O. The summed E-state index contributed by atoms with van der Waals surface area (Å²) in [7, 11) is 0. The van der Waals surface area contributed by atoms with E-state index in [2.05, 4.69) is 5.32 Å². The Bertz CT molecular complexity index is 698. The molecule has 5 heteroatoms. The van der Waals surface area contributed by atoms with Crippen molar-refractivity contribution in [3.05, 3.63) is 35.6 Å². The maximum Gasteiger partial charge on any atom is 0.311 e. The van der Waals surface area contributed by atoms with Gasteiger partial charge in [-0.05, 0) is 25.8 Å². The van der Waals surface area contributed by atoms with Gasteiger partial charge in [-0.25, -0.2) is 0 Å². The van der Waals surface area contributed by atoms with Crippen LogP contribution in [-0.2, 0) is 4.79 Å². The number of furan rings is 1. The van der Waals surface area contributed by atoms with Gasteiger partial charge < -0.3 is 14.8 Å². The number of carbonyl (C=O) groups is 2. The minimum atomic E-state index is -0.927. The third-order valence-corrected chi connectivity index (χ3v) is 4.39. The van der Waals surface area contributed by atoms with Gasteiger partial charge in [-0.1, -0.05) is 32.0 Å². The van der Waals surface area contributed by atoms with Crippen LogP contribution in [0.5, 0.6) is 0 Å². The van der Waals surface area contributed by atoms with Crippen molar-refractivity contribution < 1.29 is 19.1 Å². The lowest BCUT2D eigenvalue weighted by molar-refractivity contribution is -0.149. The molecule has 0 radical (unpaired) electrons. The largest absolute Gasteiger partial charge is 0.481 e. The number of fused-ring (bicyclic) bond motifs is 1. The van der Waals surface area contributed by atoms with Gasteiger partial charge in [0.25, 0.3) is 5.91 Å². The monoisotopic (exact) mass is 303 g/mol. The van der Waals surface area contributed by atoms with Crippen molar-refractivity contribution in [2.45, 2.75) is 33.6 Å². The molecule has 0 bridgehead atoms. The Kier molecular flexibility index (Phi) is 4.54. The molecular weight excluding hydrogens is 282 g/mol. The first-order valence-electron chi connectivity index (χ1n) is 7.45. The molecule has 0 aliphatic heterocycles. The van der Waals surface area contributed by atoms with Gasteiger partial charge in [0.2, 0.25) is 0 Å². The first-order chi connectivity index (χ1) is 10.4. The zero-order valence-electron chi connectivity index (χ0n) is 13.1. The molecule has 5 nitrogen and oxygen atoms in total. The van der Waals surface area contributed by atoms with E-state index in [0.717, 1.165) is 5.39 Å². The summed E-state index contributed by atoms with van der Waals surface area (Å²) >= 11 is 0. The highest BCUT2D eigenvalue weighted by atomic mass is 16.4. The van der Waals surface area contributed by atoms with Crippen LogP contribution in [0.2, 0.25) is 0 Å². The van der Waals surface area contributed by atoms with Crippen molar-refractivity contribution in [2.75, 3.05) is 6.54 Å². The molecule has 2 N–H and O–H groups in total. The van der Waals surface area contributed by atoms with Crippen molar-refractivity contribution in [1.82, 2.24) is 5.32 Å². The number of benzene rings is 1. The molecular formula is C17H21NO4. The number of hydrogen-bond donors (Lipinski definition) is 2. The third-order valence-electron chi connectivity index (χ3n) is 4.39. The molecule has 1 aromatic carbocycles. The minimum absolute atomic E-state index is 0.104. The fraction of sp³-hybridized carbons (Fsp3) is 0.412. The molecule has 2 aromatic rings. The predicted octanol–water partition coefficient (Wildman–Crippen LogP) is 3.36. The molecule has 1 amide bonds. The first-order valence-corrected chi connectivity index (χ1v) is 7.45. The maximum atomic E-state index is 12.5. The second kappa shape index (κ2) is 6.22. The Balaban J connectivity index is 2.25. The van der Waals surface area contributed by atoms with Crippen LogP contribution in [0, 0.1) is 12.3 Å². The van der Waals surface area contributed by atoms with E-state index in [1.165, 1.54) is 0 Å². The molecule has 118 valence electrons. The van der Waals surface area contributed by atoms with E-state index in [1.54, 1.807) is 13.0 Å². The zero-order valence-corrected chi connectivity index (χ0v) is 13.1. The summed E-state index contributed by atoms with van der Waals surface area (Å²) in [5.41, 5.74) is 0.200. The molecule has 0 saturated heterocycles. The zero-order chi connectivity index (χ0) is 16.3. The third kappa shape index (κ3) is 2.71. The Morgan fingerprint density at radius 3 is 2.45 bits per heavy atom. The van der Waals surface area contributed by atoms with E-state index in [1.807, 2.05) is 32.0 Å². The minimum Gasteiger partial charge on any atom is -0.481 e. The standard InChI is InChI=1S/C17H21NO4/c1-4-17(5-2,16(20)21)10-18-15(19)14-11(3)22-13-9-7-6-8-12(13)14/h6-9H,4-5,10H2,1-3H3,(H,18,19)(H,20,21). The summed E-state index contributed by atoms with van der Waals surface area (Å²) < 4.78 is 5.58. The van der Waals surface area contributed by atoms with E-state index in [9.17, 15) is 14.7 Å². The van der Waals surface area contributed by atoms with Gasteiger partial charge in [-0.3, -0.25) is 9.59 Å². The number of carbonyl (C=O) groups excluding carboxylic acids is 1. The second-order valence-corrected chi connectivity index (χ2v) is 5.50. The van der Waals surface area contributed by atoms with Crippen LogP contribution in [0.3, 0.4) is 0 Å². The van der Waals surface area contributed by atoms with Crippen molar-refractivity contribution >= 4 is 22.8 Å². The van der Waals surface area contributed by atoms with Crippen LogP contribution in [-0.4, -0.2) is 23.5 Å². The summed E-state index contributed by atoms with van der Waals surface area (Å²) in [5.74, 6) is -0.644. The summed E-state index contributed by atoms with van der Waals surface area (Å²) in [6.07, 6.45) is 0.925. The van der Waals surface area contributed by atoms with Gasteiger partial charge in [0, 0.05) is 11.9 Å². The van der Waals surface area contributed by atoms with Crippen molar-refractivity contribution in [1.29, 1.82) is 0 Å². The highest BCUT2D eigenvalue weighted by Crippen LogP contribution is 2.28. The van der Waals surface area contributed by atoms with Crippen LogP contribution in [0.15, 0.2) is 28.7 Å². The quantitative estimate of drug-likeness (QED) is 0.857. The maximum absolute atomic E-state index is 12.5. The Morgan fingerprint density at radius 1 is 1.23 bits per heavy atom. The molecule has 1 aromatic heterocycles. The highest BCUT2D eigenvalue weighted by Gasteiger charge is 2.35. The van der Waals surface area contributed by atoms with Crippen LogP contribution in [0.1, 0.15) is 42.8 Å². The number of aliphatic carboxylic acids is 1. The number of amides is 1. The van der Waals surface area contributed by atoms with Gasteiger partial charge in [0.1, 0.15) is 11.3 Å². The van der Waals surface area contributed by atoms with Crippen LogP contribution in [0.4, 0.5) is 0 Å². The molecule has 0 fully saturated rings. The number of aryl methyl sites for hydroxylation is 1. The smallest absolute Gasteiger partial charge is 0.311 e. The van der Waals surface area contributed by atoms with E-state index < -0.39 is 11.4 Å². The normalized spacial score (nSPS) is 11.6. The van der Waals surface area contributed by atoms with Crippen molar-refractivity contribution in [3.63, 3.8) is 0 Å². The fourth-order valence-electron chi connectivity index (χ4n) is 2.67. The molecule has 2 rings (SSSR count). The fourth-order valence-corrected chi connectivity index (χ4v) is 2.67. The predicted molar refractivity (Wildman–Crippen MR) is 83.9 cm³/mol. The lowest BCUT2D eigenvalue weighted by Gasteiger charge is -2.26. The Hall–Kier alpha value is -2.30. The molecule has 0 aliphatic carbocycles. The second-order valence-electron chi connectivity index (χ2n) is 5.50. The van der Waals surface area contributed by atoms with E-state index >= 15 is 0 Å². The summed E-state index contributed by atoms with van der Waals surface area (Å²) in [6, 6.07) is 7.31. The van der Waals surface area contributed by atoms with Crippen molar-refractivity contribution in [2.24, 2.45) is 5.41 Å². The van der Waals surface area contributed by atoms with Gasteiger partial charge in [-0.2, -0.15) is 0 Å². The van der Waals surface area contributed by atoms with Crippen LogP contribution < -0.4 is 5.32 Å². The van der Waals surface area contributed by atoms with Gasteiger partial charge in [0.05, 0.1) is 11.0 Å². The molecule has 0 saturated carbocycles. The topological polar surface area (TPSA) is 79.5 Å². The molecule has 22 heavy (non-hydrogen) atoms.